The number of aryl methyl sites for hydroxylation is 1. The summed E-state index contributed by atoms with van der Waals surface area (Å²) in [5.41, 5.74) is 3.86. The van der Waals surface area contributed by atoms with Crippen LogP contribution in [0.2, 0.25) is 0 Å². The molecule has 0 aliphatic carbocycles. The summed E-state index contributed by atoms with van der Waals surface area (Å²) in [7, 11) is 1.72. The standard InChI is InChI=1S/C22H34N4O2/c1-5-25-10-9-23-22(25)16-24-11-12-26(20(15-24)8-13-27)14-19-6-7-21(28-4)18(3)17(19)2/h6-7,9-10,20,27H,5,8,11-16H2,1-4H3. The van der Waals surface area contributed by atoms with Gasteiger partial charge in [0.1, 0.15) is 11.6 Å². The van der Waals surface area contributed by atoms with Gasteiger partial charge < -0.3 is 14.4 Å². The number of rotatable bonds is 8. The minimum Gasteiger partial charge on any atom is -0.496 e. The van der Waals surface area contributed by atoms with Crippen LogP contribution in [0, 0.1) is 13.8 Å². The second kappa shape index (κ2) is 9.54. The molecule has 1 saturated heterocycles. The molecule has 3 rings (SSSR count). The molecule has 1 aliphatic rings. The highest BCUT2D eigenvalue weighted by Gasteiger charge is 2.27. The van der Waals surface area contributed by atoms with E-state index in [0.29, 0.717) is 6.04 Å². The lowest BCUT2D eigenvalue weighted by Gasteiger charge is -2.41. The topological polar surface area (TPSA) is 53.8 Å². The molecule has 1 atom stereocenters. The number of ether oxygens (including phenoxy) is 1. The van der Waals surface area contributed by atoms with Crippen molar-refractivity contribution in [1.29, 1.82) is 0 Å². The molecule has 2 heterocycles. The molecule has 1 aliphatic heterocycles. The summed E-state index contributed by atoms with van der Waals surface area (Å²) in [6.45, 7) is 12.4. The first-order valence-corrected chi connectivity index (χ1v) is 10.3. The van der Waals surface area contributed by atoms with Crippen molar-refractivity contribution in [2.45, 2.75) is 52.9 Å². The van der Waals surface area contributed by atoms with Crippen molar-refractivity contribution in [3.63, 3.8) is 0 Å². The molecule has 28 heavy (non-hydrogen) atoms. The molecule has 0 saturated carbocycles. The Kier molecular flexibility index (Phi) is 7.10. The van der Waals surface area contributed by atoms with Crippen molar-refractivity contribution < 1.29 is 9.84 Å². The number of benzene rings is 1. The van der Waals surface area contributed by atoms with Gasteiger partial charge in [0.15, 0.2) is 0 Å². The minimum atomic E-state index is 0.221. The fraction of sp³-hybridized carbons (Fsp3) is 0.591. The first-order valence-electron chi connectivity index (χ1n) is 10.3. The molecule has 0 bridgehead atoms. The van der Waals surface area contributed by atoms with E-state index in [1.54, 1.807) is 7.11 Å². The van der Waals surface area contributed by atoms with Crippen molar-refractivity contribution >= 4 is 0 Å². The van der Waals surface area contributed by atoms with Crippen LogP contribution in [0.3, 0.4) is 0 Å². The van der Waals surface area contributed by atoms with Gasteiger partial charge in [-0.15, -0.1) is 0 Å². The van der Waals surface area contributed by atoms with Gasteiger partial charge in [-0.25, -0.2) is 4.98 Å². The molecule has 6 heteroatoms. The predicted molar refractivity (Wildman–Crippen MR) is 112 cm³/mol. The molecule has 1 aromatic heterocycles. The third-order valence-corrected chi connectivity index (χ3v) is 6.10. The van der Waals surface area contributed by atoms with Crippen molar-refractivity contribution in [2.24, 2.45) is 0 Å². The lowest BCUT2D eigenvalue weighted by Crippen LogP contribution is -2.52. The number of aromatic nitrogens is 2. The van der Waals surface area contributed by atoms with Crippen molar-refractivity contribution in [3.8, 4) is 5.75 Å². The smallest absolute Gasteiger partial charge is 0.122 e. The Balaban J connectivity index is 1.69. The lowest BCUT2D eigenvalue weighted by molar-refractivity contribution is 0.0481. The molecule has 1 aromatic carbocycles. The molecule has 2 aromatic rings. The highest BCUT2D eigenvalue weighted by atomic mass is 16.5. The number of methoxy groups -OCH3 is 1. The average Bonchev–Trinajstić information content (AvgIpc) is 3.15. The van der Waals surface area contributed by atoms with Crippen LogP contribution in [0.15, 0.2) is 24.5 Å². The van der Waals surface area contributed by atoms with E-state index in [0.717, 1.165) is 57.3 Å². The van der Waals surface area contributed by atoms with Gasteiger partial charge in [0, 0.05) is 57.8 Å². The summed E-state index contributed by atoms with van der Waals surface area (Å²) in [6, 6.07) is 4.60. The molecule has 0 spiro atoms. The molecular formula is C22H34N4O2. The van der Waals surface area contributed by atoms with Gasteiger partial charge in [-0.05, 0) is 49.9 Å². The highest BCUT2D eigenvalue weighted by Crippen LogP contribution is 2.26. The number of hydrogen-bond acceptors (Lipinski definition) is 5. The summed E-state index contributed by atoms with van der Waals surface area (Å²) >= 11 is 0. The van der Waals surface area contributed by atoms with Crippen LogP contribution in [-0.2, 0) is 19.6 Å². The van der Waals surface area contributed by atoms with Gasteiger partial charge in [0.2, 0.25) is 0 Å². The van der Waals surface area contributed by atoms with Gasteiger partial charge in [-0.2, -0.15) is 0 Å². The summed E-state index contributed by atoms with van der Waals surface area (Å²) in [5.74, 6) is 2.07. The number of hydrogen-bond donors (Lipinski definition) is 1. The third kappa shape index (κ3) is 4.57. The first-order chi connectivity index (χ1) is 13.6. The number of nitrogens with zero attached hydrogens (tertiary/aromatic N) is 4. The zero-order chi connectivity index (χ0) is 20.1. The Morgan fingerprint density at radius 1 is 1.18 bits per heavy atom. The van der Waals surface area contributed by atoms with Crippen molar-refractivity contribution in [1.82, 2.24) is 19.4 Å². The number of aliphatic hydroxyl groups excluding tert-OH is 1. The predicted octanol–water partition coefficient (Wildman–Crippen LogP) is 2.60. The Bertz CT molecular complexity index is 774. The van der Waals surface area contributed by atoms with E-state index < -0.39 is 0 Å². The van der Waals surface area contributed by atoms with Crippen molar-refractivity contribution in [2.75, 3.05) is 33.4 Å². The maximum Gasteiger partial charge on any atom is 0.122 e. The fourth-order valence-corrected chi connectivity index (χ4v) is 4.17. The maximum absolute atomic E-state index is 9.62. The summed E-state index contributed by atoms with van der Waals surface area (Å²) in [5, 5.41) is 9.62. The summed E-state index contributed by atoms with van der Waals surface area (Å²) in [6.07, 6.45) is 4.73. The molecular weight excluding hydrogens is 352 g/mol. The molecule has 1 fully saturated rings. The van der Waals surface area contributed by atoms with E-state index in [1.165, 1.54) is 16.7 Å². The lowest BCUT2D eigenvalue weighted by atomic mass is 10.00. The van der Waals surface area contributed by atoms with E-state index >= 15 is 0 Å². The summed E-state index contributed by atoms with van der Waals surface area (Å²) < 4.78 is 7.66. The van der Waals surface area contributed by atoms with E-state index in [1.807, 2.05) is 12.4 Å². The van der Waals surface area contributed by atoms with Crippen LogP contribution in [0.1, 0.15) is 35.9 Å². The second-order valence-electron chi connectivity index (χ2n) is 7.68. The van der Waals surface area contributed by atoms with Crippen LogP contribution < -0.4 is 4.74 Å². The molecule has 1 N–H and O–H groups in total. The van der Waals surface area contributed by atoms with Gasteiger partial charge >= 0.3 is 0 Å². The molecule has 6 nitrogen and oxygen atoms in total. The number of piperazine rings is 1. The SMILES string of the molecule is CCn1ccnc1CN1CCN(Cc2ccc(OC)c(C)c2C)C(CCO)C1. The highest BCUT2D eigenvalue weighted by molar-refractivity contribution is 5.43. The molecule has 0 amide bonds. The zero-order valence-electron chi connectivity index (χ0n) is 17.7. The Hall–Kier alpha value is -1.89. The van der Waals surface area contributed by atoms with Gasteiger partial charge in [-0.1, -0.05) is 6.07 Å². The minimum absolute atomic E-state index is 0.221. The largest absolute Gasteiger partial charge is 0.496 e. The second-order valence-corrected chi connectivity index (χ2v) is 7.68. The zero-order valence-corrected chi connectivity index (χ0v) is 17.7. The van der Waals surface area contributed by atoms with Crippen LogP contribution >= 0.6 is 0 Å². The quantitative estimate of drug-likeness (QED) is 0.756. The summed E-state index contributed by atoms with van der Waals surface area (Å²) in [4.78, 5) is 9.51. The molecule has 1 unspecified atom stereocenters. The van der Waals surface area contributed by atoms with Crippen LogP contribution in [0.4, 0.5) is 0 Å². The first kappa shape index (κ1) is 20.8. The van der Waals surface area contributed by atoms with E-state index in [-0.39, 0.29) is 6.61 Å². The van der Waals surface area contributed by atoms with E-state index in [9.17, 15) is 5.11 Å². The van der Waals surface area contributed by atoms with E-state index in [4.69, 9.17) is 4.74 Å². The van der Waals surface area contributed by atoms with Crippen molar-refractivity contribution in [3.05, 3.63) is 47.0 Å². The fourth-order valence-electron chi connectivity index (χ4n) is 4.17. The van der Waals surface area contributed by atoms with Crippen LogP contribution in [0.25, 0.3) is 0 Å². The molecule has 154 valence electrons. The van der Waals surface area contributed by atoms with Gasteiger partial charge in [0.25, 0.3) is 0 Å². The molecule has 0 radical (unpaired) electrons. The monoisotopic (exact) mass is 386 g/mol. The number of aliphatic hydroxyl groups is 1. The Labute approximate surface area is 168 Å². The Morgan fingerprint density at radius 3 is 2.71 bits per heavy atom. The van der Waals surface area contributed by atoms with Gasteiger partial charge in [0.05, 0.1) is 13.7 Å². The Morgan fingerprint density at radius 2 is 2.00 bits per heavy atom. The average molecular weight is 387 g/mol. The third-order valence-electron chi connectivity index (χ3n) is 6.10. The normalized spacial score (nSPS) is 18.5. The van der Waals surface area contributed by atoms with Crippen LogP contribution in [-0.4, -0.2) is 63.9 Å². The van der Waals surface area contributed by atoms with Crippen LogP contribution in [0.5, 0.6) is 5.75 Å². The maximum atomic E-state index is 9.62. The number of imidazole rings is 1. The van der Waals surface area contributed by atoms with E-state index in [2.05, 4.69) is 52.3 Å². The van der Waals surface area contributed by atoms with Gasteiger partial charge in [-0.3, -0.25) is 9.80 Å².